The minimum Gasteiger partial charge on any atom is -0.326 e. The number of hydrogen-bond donors (Lipinski definition) is 2. The number of nitrogens with one attached hydrogen (secondary N) is 2. The Kier molecular flexibility index (Phi) is 3.70. The molecule has 2 heterocycles. The number of benzene rings is 2. The molecule has 2 aromatic carbocycles. The number of anilines is 2. The first-order chi connectivity index (χ1) is 12.2. The van der Waals surface area contributed by atoms with E-state index in [1.54, 1.807) is 24.3 Å². The van der Waals surface area contributed by atoms with Crippen LogP contribution in [0.2, 0.25) is 0 Å². The van der Waals surface area contributed by atoms with Crippen LogP contribution in [0.1, 0.15) is 22.3 Å². The quantitative estimate of drug-likeness (QED) is 0.760. The zero-order valence-corrected chi connectivity index (χ0v) is 13.1. The Morgan fingerprint density at radius 1 is 1.16 bits per heavy atom. The minimum atomic E-state index is -0.214. The Balaban J connectivity index is 1.54. The van der Waals surface area contributed by atoms with Crippen molar-refractivity contribution >= 4 is 23.2 Å². The molecule has 3 aromatic rings. The lowest BCUT2D eigenvalue weighted by atomic mass is 10.00. The molecule has 124 valence electrons. The van der Waals surface area contributed by atoms with Gasteiger partial charge in [0.1, 0.15) is 6.33 Å². The second-order valence-corrected chi connectivity index (χ2v) is 5.68. The van der Waals surface area contributed by atoms with Gasteiger partial charge >= 0.3 is 0 Å². The average molecular weight is 334 g/mol. The van der Waals surface area contributed by atoms with Crippen molar-refractivity contribution in [3.05, 3.63) is 59.9 Å². The van der Waals surface area contributed by atoms with Crippen molar-refractivity contribution < 1.29 is 9.59 Å². The molecular weight excluding hydrogens is 320 g/mol. The summed E-state index contributed by atoms with van der Waals surface area (Å²) in [7, 11) is 0. The van der Waals surface area contributed by atoms with E-state index in [9.17, 15) is 9.59 Å². The molecule has 0 saturated carbocycles. The number of hydrogen-bond acceptors (Lipinski definition) is 5. The third-order valence-corrected chi connectivity index (χ3v) is 3.98. The summed E-state index contributed by atoms with van der Waals surface area (Å²) in [6, 6.07) is 12.5. The van der Waals surface area contributed by atoms with Gasteiger partial charge in [-0.2, -0.15) is 0 Å². The van der Waals surface area contributed by atoms with E-state index in [1.807, 2.05) is 18.2 Å². The molecule has 8 heteroatoms. The van der Waals surface area contributed by atoms with Crippen LogP contribution in [-0.4, -0.2) is 32.0 Å². The van der Waals surface area contributed by atoms with Crippen LogP contribution in [0.25, 0.3) is 5.69 Å². The monoisotopic (exact) mass is 334 g/mol. The number of aromatic nitrogens is 4. The Morgan fingerprint density at radius 3 is 2.92 bits per heavy atom. The standard InChI is InChI=1S/C17H14N6O2/c24-16-7-5-11-8-12(4-6-15(11)20-16)17(25)19-13-2-1-3-14(9-13)23-10-18-21-22-23/h1-4,6,8-10H,5,7H2,(H,19,25)(H,20,24). The number of amides is 2. The molecule has 1 aliphatic heterocycles. The van der Waals surface area contributed by atoms with Crippen molar-refractivity contribution in [3.8, 4) is 5.69 Å². The van der Waals surface area contributed by atoms with E-state index in [2.05, 4.69) is 26.2 Å². The minimum absolute atomic E-state index is 0.00381. The van der Waals surface area contributed by atoms with E-state index in [1.165, 1.54) is 11.0 Å². The lowest BCUT2D eigenvalue weighted by Gasteiger charge is -2.17. The normalized spacial score (nSPS) is 13.0. The molecule has 0 spiro atoms. The molecular formula is C17H14N6O2. The second-order valence-electron chi connectivity index (χ2n) is 5.68. The summed E-state index contributed by atoms with van der Waals surface area (Å²) in [5.74, 6) is -0.210. The third-order valence-electron chi connectivity index (χ3n) is 3.98. The van der Waals surface area contributed by atoms with Crippen LogP contribution < -0.4 is 10.6 Å². The molecule has 0 bridgehead atoms. The molecule has 1 aromatic heterocycles. The van der Waals surface area contributed by atoms with E-state index in [4.69, 9.17) is 0 Å². The number of carbonyl (C=O) groups excluding carboxylic acids is 2. The first kappa shape index (κ1) is 15.0. The molecule has 0 unspecified atom stereocenters. The molecule has 0 radical (unpaired) electrons. The van der Waals surface area contributed by atoms with Gasteiger partial charge in [-0.3, -0.25) is 9.59 Å². The molecule has 0 saturated heterocycles. The zero-order chi connectivity index (χ0) is 17.2. The Morgan fingerprint density at radius 2 is 2.08 bits per heavy atom. The summed E-state index contributed by atoms with van der Waals surface area (Å²) in [6.07, 6.45) is 2.56. The summed E-state index contributed by atoms with van der Waals surface area (Å²) < 4.78 is 1.51. The number of tetrazole rings is 1. The molecule has 2 N–H and O–H groups in total. The van der Waals surface area contributed by atoms with Gasteiger partial charge in [-0.05, 0) is 58.8 Å². The van der Waals surface area contributed by atoms with Gasteiger partial charge in [0.25, 0.3) is 5.91 Å². The fourth-order valence-corrected chi connectivity index (χ4v) is 2.73. The van der Waals surface area contributed by atoms with E-state index in [0.29, 0.717) is 24.1 Å². The van der Waals surface area contributed by atoms with Gasteiger partial charge in [0.2, 0.25) is 5.91 Å². The lowest BCUT2D eigenvalue weighted by Crippen LogP contribution is -2.20. The summed E-state index contributed by atoms with van der Waals surface area (Å²) in [4.78, 5) is 23.9. The van der Waals surface area contributed by atoms with E-state index in [0.717, 1.165) is 16.9 Å². The largest absolute Gasteiger partial charge is 0.326 e. The molecule has 0 fully saturated rings. The van der Waals surface area contributed by atoms with Crippen molar-refractivity contribution in [2.75, 3.05) is 10.6 Å². The molecule has 0 atom stereocenters. The van der Waals surface area contributed by atoms with E-state index < -0.39 is 0 Å². The van der Waals surface area contributed by atoms with Crippen molar-refractivity contribution in [3.63, 3.8) is 0 Å². The fraction of sp³-hybridized carbons (Fsp3) is 0.118. The molecule has 2 amide bonds. The van der Waals surface area contributed by atoms with Crippen molar-refractivity contribution in [2.45, 2.75) is 12.8 Å². The van der Waals surface area contributed by atoms with Gasteiger partial charge in [0.05, 0.1) is 5.69 Å². The Hall–Kier alpha value is -3.55. The first-order valence-corrected chi connectivity index (χ1v) is 7.76. The number of fused-ring (bicyclic) bond motifs is 1. The maximum absolute atomic E-state index is 12.5. The van der Waals surface area contributed by atoms with Crippen LogP contribution in [0, 0.1) is 0 Å². The lowest BCUT2D eigenvalue weighted by molar-refractivity contribution is -0.116. The summed E-state index contributed by atoms with van der Waals surface area (Å²) in [6.45, 7) is 0. The first-order valence-electron chi connectivity index (χ1n) is 7.76. The predicted molar refractivity (Wildman–Crippen MR) is 90.5 cm³/mol. The van der Waals surface area contributed by atoms with Gasteiger partial charge in [-0.15, -0.1) is 5.10 Å². The van der Waals surface area contributed by atoms with Crippen LogP contribution in [0.15, 0.2) is 48.8 Å². The third kappa shape index (κ3) is 3.09. The SMILES string of the molecule is O=C1CCc2cc(C(=O)Nc3cccc(-n4cnnn4)c3)ccc2N1. The molecule has 8 nitrogen and oxygen atoms in total. The maximum atomic E-state index is 12.5. The highest BCUT2D eigenvalue weighted by Crippen LogP contribution is 2.24. The molecule has 1 aliphatic rings. The van der Waals surface area contributed by atoms with Crippen molar-refractivity contribution in [2.24, 2.45) is 0 Å². The summed E-state index contributed by atoms with van der Waals surface area (Å²) in [5, 5.41) is 16.7. The van der Waals surface area contributed by atoms with Crippen LogP contribution in [0.3, 0.4) is 0 Å². The van der Waals surface area contributed by atoms with Gasteiger partial charge in [-0.1, -0.05) is 6.07 Å². The van der Waals surface area contributed by atoms with Gasteiger partial charge < -0.3 is 10.6 Å². The average Bonchev–Trinajstić information content (AvgIpc) is 3.16. The summed E-state index contributed by atoms with van der Waals surface area (Å²) in [5.41, 5.74) is 3.67. The van der Waals surface area contributed by atoms with Crippen LogP contribution in [0.4, 0.5) is 11.4 Å². The smallest absolute Gasteiger partial charge is 0.255 e. The van der Waals surface area contributed by atoms with Gasteiger partial charge in [0.15, 0.2) is 0 Å². The number of nitrogens with zero attached hydrogens (tertiary/aromatic N) is 4. The topological polar surface area (TPSA) is 102 Å². The predicted octanol–water partition coefficient (Wildman–Crippen LogP) is 1.80. The molecule has 4 rings (SSSR count). The fourth-order valence-electron chi connectivity index (χ4n) is 2.73. The summed E-state index contributed by atoms with van der Waals surface area (Å²) >= 11 is 0. The highest BCUT2D eigenvalue weighted by molar-refractivity contribution is 6.05. The zero-order valence-electron chi connectivity index (χ0n) is 13.1. The Bertz CT molecular complexity index is 952. The maximum Gasteiger partial charge on any atom is 0.255 e. The number of rotatable bonds is 3. The number of aryl methyl sites for hydroxylation is 1. The number of carbonyl (C=O) groups is 2. The van der Waals surface area contributed by atoms with Crippen LogP contribution >= 0.6 is 0 Å². The highest BCUT2D eigenvalue weighted by Gasteiger charge is 2.16. The van der Waals surface area contributed by atoms with Gasteiger partial charge in [0, 0.05) is 23.4 Å². The van der Waals surface area contributed by atoms with Crippen molar-refractivity contribution in [1.82, 2.24) is 20.2 Å². The Labute approximate surface area is 142 Å². The van der Waals surface area contributed by atoms with Gasteiger partial charge in [-0.25, -0.2) is 4.68 Å². The van der Waals surface area contributed by atoms with E-state index >= 15 is 0 Å². The molecule has 25 heavy (non-hydrogen) atoms. The second kappa shape index (κ2) is 6.16. The van der Waals surface area contributed by atoms with E-state index in [-0.39, 0.29) is 11.8 Å². The van der Waals surface area contributed by atoms with Crippen LogP contribution in [-0.2, 0) is 11.2 Å². The molecule has 0 aliphatic carbocycles. The van der Waals surface area contributed by atoms with Crippen LogP contribution in [0.5, 0.6) is 0 Å². The van der Waals surface area contributed by atoms with Crippen molar-refractivity contribution in [1.29, 1.82) is 0 Å². The highest BCUT2D eigenvalue weighted by atomic mass is 16.2.